The molecule has 8 nitrogen and oxygen atoms in total. The molecule has 3 rings (SSSR count). The molecule has 0 bridgehead atoms. The number of carbonyl (C=O) groups excluding carboxylic acids is 2. The highest BCUT2D eigenvalue weighted by Gasteiger charge is 2.45. The summed E-state index contributed by atoms with van der Waals surface area (Å²) in [5, 5.41) is 14.3. The number of hydrogen-bond donors (Lipinski definition) is 1. The van der Waals surface area contributed by atoms with Crippen LogP contribution in [0.2, 0.25) is 0 Å². The topological polar surface area (TPSA) is 106 Å². The van der Waals surface area contributed by atoms with Crippen molar-refractivity contribution >= 4 is 28.9 Å². The zero-order valence-corrected chi connectivity index (χ0v) is 17.1. The maximum Gasteiger partial charge on any atom is 0.294 e. The van der Waals surface area contributed by atoms with E-state index in [9.17, 15) is 19.7 Å². The number of rotatable bonds is 7. The van der Waals surface area contributed by atoms with Crippen LogP contribution in [-0.2, 0) is 10.2 Å². The van der Waals surface area contributed by atoms with Crippen molar-refractivity contribution in [2.45, 2.75) is 52.4 Å². The van der Waals surface area contributed by atoms with E-state index in [1.807, 2.05) is 0 Å². The first-order valence-corrected chi connectivity index (χ1v) is 9.68. The molecule has 1 aromatic heterocycles. The first-order valence-electron chi connectivity index (χ1n) is 9.68. The summed E-state index contributed by atoms with van der Waals surface area (Å²) in [7, 11) is 0. The Kier molecular flexibility index (Phi) is 5.46. The van der Waals surface area contributed by atoms with Crippen LogP contribution in [0.5, 0.6) is 0 Å². The molecule has 0 saturated carbocycles. The number of furan rings is 1. The van der Waals surface area contributed by atoms with Crippen LogP contribution in [0.15, 0.2) is 28.9 Å². The number of carbonyl (C=O) groups is 2. The van der Waals surface area contributed by atoms with Gasteiger partial charge in [-0.3, -0.25) is 19.7 Å². The lowest BCUT2D eigenvalue weighted by molar-refractivity contribution is -0.383. The number of nitrogens with one attached hydrogen (secondary N) is 1. The quantitative estimate of drug-likeness (QED) is 0.417. The Hall–Kier alpha value is -3.16. The van der Waals surface area contributed by atoms with Crippen LogP contribution in [0.1, 0.15) is 61.7 Å². The molecule has 29 heavy (non-hydrogen) atoms. The highest BCUT2D eigenvalue weighted by atomic mass is 16.6. The van der Waals surface area contributed by atoms with E-state index in [0.717, 1.165) is 19.3 Å². The monoisotopic (exact) mass is 399 g/mol. The predicted molar refractivity (Wildman–Crippen MR) is 109 cm³/mol. The number of nitro groups is 1. The first kappa shape index (κ1) is 20.6. The Bertz CT molecular complexity index is 977. The molecule has 2 heterocycles. The van der Waals surface area contributed by atoms with Gasteiger partial charge in [-0.1, -0.05) is 19.8 Å². The largest absolute Gasteiger partial charge is 0.469 e. The fourth-order valence-electron chi connectivity index (χ4n) is 3.61. The molecule has 0 atom stereocenters. The van der Waals surface area contributed by atoms with E-state index in [4.69, 9.17) is 4.42 Å². The number of benzene rings is 1. The van der Waals surface area contributed by atoms with Gasteiger partial charge in [0, 0.05) is 12.6 Å². The lowest BCUT2D eigenvalue weighted by atomic mass is 9.85. The van der Waals surface area contributed by atoms with Gasteiger partial charge in [0.1, 0.15) is 17.7 Å². The molecular weight excluding hydrogens is 374 g/mol. The smallest absolute Gasteiger partial charge is 0.294 e. The van der Waals surface area contributed by atoms with E-state index in [-0.39, 0.29) is 22.8 Å². The lowest BCUT2D eigenvalue weighted by Crippen LogP contribution is -2.36. The van der Waals surface area contributed by atoms with Gasteiger partial charge in [-0.2, -0.15) is 0 Å². The van der Waals surface area contributed by atoms with Gasteiger partial charge in [-0.15, -0.1) is 0 Å². The fraction of sp³-hybridized carbons (Fsp3) is 0.429. The molecule has 0 saturated heterocycles. The summed E-state index contributed by atoms with van der Waals surface area (Å²) in [5.41, 5.74) is 0.469. The van der Waals surface area contributed by atoms with E-state index in [2.05, 4.69) is 12.2 Å². The first-order chi connectivity index (χ1) is 13.7. The molecule has 1 N–H and O–H groups in total. The normalized spacial score (nSPS) is 14.8. The van der Waals surface area contributed by atoms with Gasteiger partial charge in [0.25, 0.3) is 11.6 Å². The SMILES string of the molecule is CCCCCN1C(=O)C(C)(C)c2cc(NC(=O)c3coc(C)c3)c([N+](=O)[O-])cc21. The number of nitro benzene ring substituents is 1. The van der Waals surface area contributed by atoms with Crippen molar-refractivity contribution in [1.82, 2.24) is 0 Å². The average molecular weight is 399 g/mol. The standard InChI is InChI=1S/C21H25N3O5/c1-5-6-7-8-23-17-11-18(24(27)28)16(10-15(17)21(3,4)20(23)26)22-19(25)14-9-13(2)29-12-14/h9-12H,5-8H2,1-4H3,(H,22,25). The van der Waals surface area contributed by atoms with Crippen LogP contribution in [0.25, 0.3) is 0 Å². The maximum atomic E-state index is 13.0. The lowest BCUT2D eigenvalue weighted by Gasteiger charge is -2.20. The number of anilines is 2. The van der Waals surface area contributed by atoms with Crippen molar-refractivity contribution in [1.29, 1.82) is 0 Å². The van der Waals surface area contributed by atoms with E-state index < -0.39 is 16.2 Å². The van der Waals surface area contributed by atoms with Gasteiger partial charge >= 0.3 is 0 Å². The van der Waals surface area contributed by atoms with Crippen molar-refractivity contribution in [3.63, 3.8) is 0 Å². The van der Waals surface area contributed by atoms with Crippen molar-refractivity contribution in [3.05, 3.63) is 51.5 Å². The molecule has 0 unspecified atom stereocenters. The summed E-state index contributed by atoms with van der Waals surface area (Å²) in [6, 6.07) is 4.50. The third-order valence-electron chi connectivity index (χ3n) is 5.28. The van der Waals surface area contributed by atoms with Crippen LogP contribution >= 0.6 is 0 Å². The average Bonchev–Trinajstić information content (AvgIpc) is 3.17. The number of fused-ring (bicyclic) bond motifs is 1. The summed E-state index contributed by atoms with van der Waals surface area (Å²) >= 11 is 0. The molecule has 2 aromatic rings. The van der Waals surface area contributed by atoms with Crippen LogP contribution in [0, 0.1) is 17.0 Å². The van der Waals surface area contributed by atoms with E-state index in [0.29, 0.717) is 23.6 Å². The molecule has 1 aliphatic heterocycles. The minimum atomic E-state index is -0.831. The molecule has 154 valence electrons. The molecular formula is C21H25N3O5. The number of amides is 2. The van der Waals surface area contributed by atoms with Crippen LogP contribution in [-0.4, -0.2) is 23.3 Å². The summed E-state index contributed by atoms with van der Waals surface area (Å²) in [6.07, 6.45) is 4.10. The van der Waals surface area contributed by atoms with Gasteiger partial charge in [0.2, 0.25) is 5.91 Å². The fourth-order valence-corrected chi connectivity index (χ4v) is 3.61. The summed E-state index contributed by atoms with van der Waals surface area (Å²) in [4.78, 5) is 38.2. The second-order valence-electron chi connectivity index (χ2n) is 7.83. The van der Waals surface area contributed by atoms with Crippen molar-refractivity contribution in [3.8, 4) is 0 Å². The highest BCUT2D eigenvalue weighted by Crippen LogP contribution is 2.46. The van der Waals surface area contributed by atoms with Crippen LogP contribution in [0.4, 0.5) is 17.1 Å². The predicted octanol–water partition coefficient (Wildman–Crippen LogP) is 4.56. The second-order valence-corrected chi connectivity index (χ2v) is 7.83. The highest BCUT2D eigenvalue weighted by molar-refractivity contribution is 6.10. The Morgan fingerprint density at radius 3 is 2.59 bits per heavy atom. The van der Waals surface area contributed by atoms with Gasteiger partial charge < -0.3 is 14.6 Å². The van der Waals surface area contributed by atoms with Gasteiger partial charge in [0.05, 0.1) is 21.6 Å². The summed E-state index contributed by atoms with van der Waals surface area (Å²) < 4.78 is 5.14. The number of hydrogen-bond acceptors (Lipinski definition) is 5. The van der Waals surface area contributed by atoms with Gasteiger partial charge in [-0.05, 0) is 44.9 Å². The van der Waals surface area contributed by atoms with Crippen molar-refractivity contribution in [2.24, 2.45) is 0 Å². The number of unbranched alkanes of at least 4 members (excludes halogenated alkanes) is 2. The summed E-state index contributed by atoms with van der Waals surface area (Å²) in [6.45, 7) is 7.89. The van der Waals surface area contributed by atoms with E-state index >= 15 is 0 Å². The molecule has 8 heteroatoms. The Morgan fingerprint density at radius 2 is 2.00 bits per heavy atom. The molecule has 1 aliphatic rings. The Labute approximate surface area is 169 Å². The zero-order chi connectivity index (χ0) is 21.3. The Balaban J connectivity index is 2.02. The minimum absolute atomic E-state index is 0.0638. The van der Waals surface area contributed by atoms with E-state index in [1.165, 1.54) is 12.3 Å². The molecule has 0 radical (unpaired) electrons. The molecule has 0 aliphatic carbocycles. The minimum Gasteiger partial charge on any atom is -0.469 e. The zero-order valence-electron chi connectivity index (χ0n) is 17.1. The molecule has 0 spiro atoms. The number of nitrogens with zero attached hydrogens (tertiary/aromatic N) is 2. The Morgan fingerprint density at radius 1 is 1.28 bits per heavy atom. The van der Waals surface area contributed by atoms with E-state index in [1.54, 1.807) is 37.8 Å². The molecule has 0 fully saturated rings. The molecule has 2 amide bonds. The van der Waals surface area contributed by atoms with Crippen molar-refractivity contribution < 1.29 is 18.9 Å². The van der Waals surface area contributed by atoms with Crippen LogP contribution < -0.4 is 10.2 Å². The third kappa shape index (κ3) is 3.74. The van der Waals surface area contributed by atoms with Gasteiger partial charge in [0.15, 0.2) is 0 Å². The van der Waals surface area contributed by atoms with Crippen molar-refractivity contribution in [2.75, 3.05) is 16.8 Å². The van der Waals surface area contributed by atoms with Gasteiger partial charge in [-0.25, -0.2) is 0 Å². The van der Waals surface area contributed by atoms with Crippen LogP contribution in [0.3, 0.4) is 0 Å². The maximum absolute atomic E-state index is 13.0. The summed E-state index contributed by atoms with van der Waals surface area (Å²) in [5.74, 6) is -0.0354. The molecule has 1 aromatic carbocycles. The second kappa shape index (κ2) is 7.69. The number of aryl methyl sites for hydroxylation is 1. The third-order valence-corrected chi connectivity index (χ3v) is 5.28.